The lowest BCUT2D eigenvalue weighted by atomic mass is 10.1. The van der Waals surface area contributed by atoms with E-state index in [1.54, 1.807) is 26.8 Å². The zero-order valence-electron chi connectivity index (χ0n) is 16.6. The van der Waals surface area contributed by atoms with E-state index in [2.05, 4.69) is 4.98 Å². The quantitative estimate of drug-likeness (QED) is 0.311. The number of carbonyl (C=O) groups is 3. The van der Waals surface area contributed by atoms with Crippen LogP contribution in [-0.2, 0) is 20.7 Å². The van der Waals surface area contributed by atoms with E-state index < -0.39 is 28.7 Å². The first-order valence-corrected chi connectivity index (χ1v) is 8.99. The van der Waals surface area contributed by atoms with Gasteiger partial charge in [0.1, 0.15) is 0 Å². The van der Waals surface area contributed by atoms with Crippen LogP contribution in [0.1, 0.15) is 51.5 Å². The molecule has 1 aromatic carbocycles. The summed E-state index contributed by atoms with van der Waals surface area (Å²) in [5.41, 5.74) is 1.30. The summed E-state index contributed by atoms with van der Waals surface area (Å²) >= 11 is 0. The van der Waals surface area contributed by atoms with E-state index >= 15 is 0 Å². The van der Waals surface area contributed by atoms with E-state index in [1.165, 1.54) is 25.1 Å². The van der Waals surface area contributed by atoms with Crippen molar-refractivity contribution in [2.45, 2.75) is 40.2 Å². The van der Waals surface area contributed by atoms with Gasteiger partial charge in [0.15, 0.2) is 6.10 Å². The number of aryl methyl sites for hydroxylation is 1. The molecule has 0 amide bonds. The summed E-state index contributed by atoms with van der Waals surface area (Å²) in [6.45, 7) is 6.52. The lowest BCUT2D eigenvalue weighted by molar-refractivity contribution is -0.385. The third-order valence-electron chi connectivity index (χ3n) is 4.36. The molecule has 0 radical (unpaired) electrons. The van der Waals surface area contributed by atoms with Crippen molar-refractivity contribution in [2.24, 2.45) is 0 Å². The van der Waals surface area contributed by atoms with Crippen LogP contribution in [0.4, 0.5) is 5.69 Å². The molecule has 1 N–H and O–H groups in total. The van der Waals surface area contributed by atoms with Crippen molar-refractivity contribution in [1.82, 2.24) is 4.98 Å². The van der Waals surface area contributed by atoms with Gasteiger partial charge in [-0.15, -0.1) is 0 Å². The molecule has 0 saturated carbocycles. The van der Waals surface area contributed by atoms with Crippen molar-refractivity contribution in [3.05, 3.63) is 62.5 Å². The van der Waals surface area contributed by atoms with Crippen LogP contribution in [0, 0.1) is 24.0 Å². The van der Waals surface area contributed by atoms with Gasteiger partial charge in [-0.25, -0.2) is 4.79 Å². The number of esters is 2. The van der Waals surface area contributed by atoms with Crippen LogP contribution in [0.15, 0.2) is 24.3 Å². The molecule has 9 heteroatoms. The smallest absolute Gasteiger partial charge is 0.340 e. The molecular weight excluding hydrogens is 380 g/mol. The normalized spacial score (nSPS) is 11.6. The number of nitro benzene ring substituents is 1. The molecule has 0 aliphatic heterocycles. The van der Waals surface area contributed by atoms with E-state index in [-0.39, 0.29) is 35.5 Å². The number of benzene rings is 1. The van der Waals surface area contributed by atoms with Gasteiger partial charge in [0.05, 0.1) is 29.2 Å². The highest BCUT2D eigenvalue weighted by Gasteiger charge is 2.28. The molecule has 0 aliphatic carbocycles. The number of Topliss-reactive ketones (excluding diaryl/α,β-unsaturated/α-hetero) is 1. The Morgan fingerprint density at radius 1 is 1.21 bits per heavy atom. The second-order valence-electron chi connectivity index (χ2n) is 6.40. The zero-order chi connectivity index (χ0) is 21.7. The maximum Gasteiger partial charge on any atom is 0.340 e. The summed E-state index contributed by atoms with van der Waals surface area (Å²) in [5, 5.41) is 11.0. The second kappa shape index (κ2) is 9.13. The van der Waals surface area contributed by atoms with Gasteiger partial charge in [0, 0.05) is 17.3 Å². The number of ketones is 1. The van der Waals surface area contributed by atoms with Crippen LogP contribution >= 0.6 is 0 Å². The van der Waals surface area contributed by atoms with Crippen molar-refractivity contribution in [3.63, 3.8) is 0 Å². The van der Waals surface area contributed by atoms with Crippen LogP contribution in [0.25, 0.3) is 0 Å². The Balaban J connectivity index is 2.14. The first-order chi connectivity index (χ1) is 13.7. The number of carbonyl (C=O) groups excluding carboxylic acids is 3. The fraction of sp³-hybridized carbons (Fsp3) is 0.350. The van der Waals surface area contributed by atoms with Crippen LogP contribution in [-0.4, -0.2) is 40.3 Å². The monoisotopic (exact) mass is 402 g/mol. The van der Waals surface area contributed by atoms with Crippen molar-refractivity contribution in [2.75, 3.05) is 6.61 Å². The Morgan fingerprint density at radius 3 is 2.48 bits per heavy atom. The summed E-state index contributed by atoms with van der Waals surface area (Å²) in [4.78, 5) is 50.3. The molecule has 29 heavy (non-hydrogen) atoms. The first kappa shape index (κ1) is 21.8. The van der Waals surface area contributed by atoms with Gasteiger partial charge in [0.2, 0.25) is 5.78 Å². The number of aromatic nitrogens is 1. The molecule has 9 nitrogen and oxygen atoms in total. The standard InChI is InChI=1S/C20H22N2O7/c1-5-28-20(25)17-11(2)18(21-12(17)3)19(24)13(4)29-16(23)10-14-8-6-7-9-15(14)22(26)27/h6-9,13,21H,5,10H2,1-4H3/t13-/m1/s1. The van der Waals surface area contributed by atoms with Gasteiger partial charge in [-0.1, -0.05) is 18.2 Å². The predicted molar refractivity (Wildman–Crippen MR) is 103 cm³/mol. The molecule has 154 valence electrons. The number of aromatic amines is 1. The Labute approximate surface area is 167 Å². The minimum Gasteiger partial charge on any atom is -0.462 e. The average molecular weight is 402 g/mol. The third-order valence-corrected chi connectivity index (χ3v) is 4.36. The molecule has 1 heterocycles. The van der Waals surface area contributed by atoms with Crippen LogP contribution in [0.3, 0.4) is 0 Å². The average Bonchev–Trinajstić information content (AvgIpc) is 2.95. The SMILES string of the molecule is CCOC(=O)c1c(C)[nH]c(C(=O)[C@@H](C)OC(=O)Cc2ccccc2[N+](=O)[O-])c1C. The summed E-state index contributed by atoms with van der Waals surface area (Å²) in [5.74, 6) is -1.83. The van der Waals surface area contributed by atoms with E-state index in [4.69, 9.17) is 9.47 Å². The van der Waals surface area contributed by atoms with Crippen LogP contribution in [0.5, 0.6) is 0 Å². The number of ether oxygens (including phenoxy) is 2. The van der Waals surface area contributed by atoms with Gasteiger partial charge in [0.25, 0.3) is 5.69 Å². The number of nitro groups is 1. The van der Waals surface area contributed by atoms with Gasteiger partial charge in [-0.3, -0.25) is 19.7 Å². The topological polar surface area (TPSA) is 129 Å². The number of para-hydroxylation sites is 1. The predicted octanol–water partition coefficient (Wildman–Crippen LogP) is 3.07. The van der Waals surface area contributed by atoms with Crippen molar-refractivity contribution in [3.8, 4) is 0 Å². The third kappa shape index (κ3) is 4.87. The number of hydrogen-bond donors (Lipinski definition) is 1. The van der Waals surface area contributed by atoms with Crippen molar-refractivity contribution >= 4 is 23.4 Å². The van der Waals surface area contributed by atoms with Gasteiger partial charge in [-0.05, 0) is 33.3 Å². The molecule has 0 aliphatic rings. The number of H-pyrrole nitrogens is 1. The number of nitrogens with zero attached hydrogens (tertiary/aromatic N) is 1. The number of rotatable bonds is 8. The maximum atomic E-state index is 12.7. The lowest BCUT2D eigenvalue weighted by Crippen LogP contribution is -2.26. The zero-order valence-corrected chi connectivity index (χ0v) is 16.6. The molecule has 1 atom stereocenters. The Hall–Kier alpha value is -3.49. The Morgan fingerprint density at radius 2 is 1.86 bits per heavy atom. The molecule has 1 aromatic heterocycles. The molecule has 0 fully saturated rings. The second-order valence-corrected chi connectivity index (χ2v) is 6.40. The summed E-state index contributed by atoms with van der Waals surface area (Å²) in [7, 11) is 0. The van der Waals surface area contributed by atoms with Gasteiger partial charge >= 0.3 is 11.9 Å². The summed E-state index contributed by atoms with van der Waals surface area (Å²) in [6.07, 6.45) is -1.48. The molecule has 0 bridgehead atoms. The highest BCUT2D eigenvalue weighted by molar-refractivity contribution is 6.04. The minimum atomic E-state index is -1.14. The first-order valence-electron chi connectivity index (χ1n) is 8.99. The highest BCUT2D eigenvalue weighted by atomic mass is 16.6. The van der Waals surface area contributed by atoms with E-state index in [0.717, 1.165) is 0 Å². The van der Waals surface area contributed by atoms with Gasteiger partial charge < -0.3 is 14.5 Å². The van der Waals surface area contributed by atoms with E-state index in [0.29, 0.717) is 11.3 Å². The molecular formula is C20H22N2O7. The molecule has 0 unspecified atom stereocenters. The summed E-state index contributed by atoms with van der Waals surface area (Å²) in [6, 6.07) is 5.82. The van der Waals surface area contributed by atoms with Crippen molar-refractivity contribution in [1.29, 1.82) is 0 Å². The molecule has 2 rings (SSSR count). The Bertz CT molecular complexity index is 962. The van der Waals surface area contributed by atoms with Crippen LogP contribution < -0.4 is 0 Å². The molecule has 0 spiro atoms. The number of hydrogen-bond acceptors (Lipinski definition) is 7. The fourth-order valence-electron chi connectivity index (χ4n) is 3.00. The minimum absolute atomic E-state index is 0.150. The molecule has 0 saturated heterocycles. The number of nitrogens with one attached hydrogen (secondary N) is 1. The molecule has 2 aromatic rings. The lowest BCUT2D eigenvalue weighted by Gasteiger charge is -2.12. The van der Waals surface area contributed by atoms with E-state index in [9.17, 15) is 24.5 Å². The van der Waals surface area contributed by atoms with Crippen LogP contribution in [0.2, 0.25) is 0 Å². The highest BCUT2D eigenvalue weighted by Crippen LogP contribution is 2.22. The maximum absolute atomic E-state index is 12.7. The van der Waals surface area contributed by atoms with Gasteiger partial charge in [-0.2, -0.15) is 0 Å². The van der Waals surface area contributed by atoms with Crippen molar-refractivity contribution < 1.29 is 28.8 Å². The Kier molecular flexibility index (Phi) is 6.87. The van der Waals surface area contributed by atoms with E-state index in [1.807, 2.05) is 0 Å². The largest absolute Gasteiger partial charge is 0.462 e. The fourth-order valence-corrected chi connectivity index (χ4v) is 3.00. The summed E-state index contributed by atoms with van der Waals surface area (Å²) < 4.78 is 10.2.